The van der Waals surface area contributed by atoms with Gasteiger partial charge in [0.15, 0.2) is 11.5 Å². The van der Waals surface area contributed by atoms with Crippen LogP contribution in [-0.4, -0.2) is 11.5 Å². The summed E-state index contributed by atoms with van der Waals surface area (Å²) in [5.74, 6) is 0.693. The lowest BCUT2D eigenvalue weighted by Gasteiger charge is -2.18. The lowest BCUT2D eigenvalue weighted by molar-refractivity contribution is 0.102. The quantitative estimate of drug-likeness (QED) is 0.636. The second-order valence-electron chi connectivity index (χ2n) is 7.70. The van der Waals surface area contributed by atoms with Gasteiger partial charge in [0, 0.05) is 17.5 Å². The van der Waals surface area contributed by atoms with Gasteiger partial charge in [0.25, 0.3) is 5.91 Å². The molecule has 0 aromatic heterocycles. The van der Waals surface area contributed by atoms with Crippen molar-refractivity contribution in [1.29, 1.82) is 0 Å². The number of anilines is 1. The van der Waals surface area contributed by atoms with Gasteiger partial charge >= 0.3 is 0 Å². The van der Waals surface area contributed by atoms with Crippen molar-refractivity contribution in [3.63, 3.8) is 0 Å². The molecule has 0 aliphatic carbocycles. The van der Waals surface area contributed by atoms with Crippen molar-refractivity contribution in [3.8, 4) is 11.5 Å². The van der Waals surface area contributed by atoms with E-state index in [0.717, 1.165) is 29.0 Å². The summed E-state index contributed by atoms with van der Waals surface area (Å²) in [5.41, 5.74) is 2.44. The zero-order valence-corrected chi connectivity index (χ0v) is 16.4. The van der Waals surface area contributed by atoms with E-state index in [2.05, 4.69) is 25.2 Å². The molecule has 0 radical (unpaired) electrons. The minimum atomic E-state index is -0.466. The number of hydrogen-bond acceptors (Lipinski definition) is 3. The van der Waals surface area contributed by atoms with Crippen LogP contribution in [0, 0.1) is 5.82 Å². The molecule has 0 saturated heterocycles. The number of fused-ring (bicyclic) bond motifs is 1. The van der Waals surface area contributed by atoms with Crippen LogP contribution in [0.1, 0.15) is 35.3 Å². The molecule has 1 aliphatic rings. The van der Waals surface area contributed by atoms with Gasteiger partial charge in [-0.25, -0.2) is 4.39 Å². The highest BCUT2D eigenvalue weighted by Gasteiger charge is 2.32. The van der Waals surface area contributed by atoms with Crippen LogP contribution in [0.15, 0.2) is 66.7 Å². The highest BCUT2D eigenvalue weighted by atomic mass is 19.1. The van der Waals surface area contributed by atoms with Gasteiger partial charge in [0.05, 0.1) is 5.69 Å². The number of hydrogen-bond donors (Lipinski definition) is 1. The summed E-state index contributed by atoms with van der Waals surface area (Å²) in [7, 11) is 0. The minimum absolute atomic E-state index is 0.158. The van der Waals surface area contributed by atoms with Gasteiger partial charge in [-0.2, -0.15) is 0 Å². The molecule has 0 saturated carbocycles. The number of para-hydroxylation sites is 2. The first-order valence-corrected chi connectivity index (χ1v) is 9.50. The maximum atomic E-state index is 13.7. The molecular weight excluding hydrogens is 369 g/mol. The fourth-order valence-corrected chi connectivity index (χ4v) is 3.37. The summed E-state index contributed by atoms with van der Waals surface area (Å²) >= 11 is 0. The molecule has 1 amide bonds. The van der Waals surface area contributed by atoms with Crippen molar-refractivity contribution >= 4 is 11.6 Å². The lowest BCUT2D eigenvalue weighted by Crippen LogP contribution is -2.24. The maximum Gasteiger partial charge on any atom is 0.255 e. The second-order valence-corrected chi connectivity index (χ2v) is 7.70. The molecule has 4 rings (SSSR count). The Morgan fingerprint density at radius 2 is 1.83 bits per heavy atom. The Bertz CT molecular complexity index is 1040. The van der Waals surface area contributed by atoms with Gasteiger partial charge in [0.1, 0.15) is 18.0 Å². The van der Waals surface area contributed by atoms with E-state index in [1.54, 1.807) is 24.3 Å². The second kappa shape index (κ2) is 7.59. The van der Waals surface area contributed by atoms with Gasteiger partial charge in [-0.1, -0.05) is 36.4 Å². The third-order valence-electron chi connectivity index (χ3n) is 4.79. The van der Waals surface area contributed by atoms with Crippen molar-refractivity contribution in [2.24, 2.45) is 0 Å². The summed E-state index contributed by atoms with van der Waals surface area (Å²) in [4.78, 5) is 12.3. The number of benzene rings is 3. The maximum absolute atomic E-state index is 13.7. The van der Waals surface area contributed by atoms with E-state index in [4.69, 9.17) is 9.47 Å². The van der Waals surface area contributed by atoms with E-state index in [-0.39, 0.29) is 17.2 Å². The molecule has 1 aliphatic heterocycles. The van der Waals surface area contributed by atoms with Gasteiger partial charge in [0.2, 0.25) is 0 Å². The van der Waals surface area contributed by atoms with Crippen LogP contribution < -0.4 is 14.8 Å². The average Bonchev–Trinajstić information content (AvgIpc) is 3.03. The van der Waals surface area contributed by atoms with Crippen molar-refractivity contribution in [2.45, 2.75) is 32.5 Å². The van der Waals surface area contributed by atoms with E-state index < -0.39 is 5.82 Å². The first-order chi connectivity index (χ1) is 13.9. The third kappa shape index (κ3) is 4.24. The largest absolute Gasteiger partial charge is 0.485 e. The Balaban J connectivity index is 1.40. The number of amides is 1. The molecule has 148 valence electrons. The Hall–Kier alpha value is -3.34. The van der Waals surface area contributed by atoms with Crippen LogP contribution in [0.3, 0.4) is 0 Å². The van der Waals surface area contributed by atoms with Gasteiger partial charge in [-0.3, -0.25) is 4.79 Å². The molecule has 5 heteroatoms. The smallest absolute Gasteiger partial charge is 0.255 e. The van der Waals surface area contributed by atoms with E-state index >= 15 is 0 Å². The van der Waals surface area contributed by atoms with E-state index in [1.165, 1.54) is 12.1 Å². The number of nitrogens with one attached hydrogen (secondary N) is 1. The molecule has 4 nitrogen and oxygen atoms in total. The van der Waals surface area contributed by atoms with Crippen LogP contribution >= 0.6 is 0 Å². The topological polar surface area (TPSA) is 47.6 Å². The number of carbonyl (C=O) groups is 1. The van der Waals surface area contributed by atoms with Gasteiger partial charge in [-0.05, 0) is 49.7 Å². The SMILES string of the molecule is CC1(C)Cc2cccc(OCc3ccc(C(=O)Nc4ccccc4F)cc3)c2O1. The van der Waals surface area contributed by atoms with Crippen LogP contribution in [0.2, 0.25) is 0 Å². The molecule has 1 N–H and O–H groups in total. The molecule has 0 unspecified atom stereocenters. The molecule has 3 aromatic carbocycles. The van der Waals surface area contributed by atoms with Gasteiger partial charge in [-0.15, -0.1) is 0 Å². The lowest BCUT2D eigenvalue weighted by atomic mass is 10.0. The molecule has 0 spiro atoms. The molecule has 0 fully saturated rings. The standard InChI is InChI=1S/C24H22FNO3/c1-24(2)14-18-6-5-9-21(22(18)29-24)28-15-16-10-12-17(13-11-16)23(27)26-20-8-4-3-7-19(20)25/h3-13H,14-15H2,1-2H3,(H,26,27). The molecule has 29 heavy (non-hydrogen) atoms. The Labute approximate surface area is 169 Å². The predicted molar refractivity (Wildman–Crippen MR) is 110 cm³/mol. The summed E-state index contributed by atoms with van der Waals surface area (Å²) < 4.78 is 25.7. The van der Waals surface area contributed by atoms with Crippen molar-refractivity contribution < 1.29 is 18.7 Å². The summed E-state index contributed by atoms with van der Waals surface area (Å²) in [6, 6.07) is 19.0. The number of carbonyl (C=O) groups excluding carboxylic acids is 1. The molecule has 1 heterocycles. The first-order valence-electron chi connectivity index (χ1n) is 9.50. The first kappa shape index (κ1) is 19.0. The Morgan fingerprint density at radius 3 is 2.59 bits per heavy atom. The molecule has 0 atom stereocenters. The van der Waals surface area contributed by atoms with E-state index in [0.29, 0.717) is 12.2 Å². The zero-order chi connectivity index (χ0) is 20.4. The Kier molecular flexibility index (Phi) is 4.97. The van der Waals surface area contributed by atoms with E-state index in [1.807, 2.05) is 24.3 Å². The van der Waals surface area contributed by atoms with Crippen molar-refractivity contribution in [1.82, 2.24) is 0 Å². The van der Waals surface area contributed by atoms with Crippen LogP contribution in [0.25, 0.3) is 0 Å². The van der Waals surface area contributed by atoms with Crippen molar-refractivity contribution in [3.05, 3.63) is 89.2 Å². The zero-order valence-electron chi connectivity index (χ0n) is 16.4. The van der Waals surface area contributed by atoms with Gasteiger partial charge < -0.3 is 14.8 Å². The number of ether oxygens (including phenoxy) is 2. The highest BCUT2D eigenvalue weighted by molar-refractivity contribution is 6.04. The summed E-state index contributed by atoms with van der Waals surface area (Å²) in [5, 5.41) is 2.58. The Morgan fingerprint density at radius 1 is 1.07 bits per heavy atom. The molecular formula is C24H22FNO3. The van der Waals surface area contributed by atoms with Crippen LogP contribution in [0.5, 0.6) is 11.5 Å². The monoisotopic (exact) mass is 391 g/mol. The molecule has 3 aromatic rings. The summed E-state index contributed by atoms with van der Waals surface area (Å²) in [6.07, 6.45) is 0.853. The third-order valence-corrected chi connectivity index (χ3v) is 4.79. The minimum Gasteiger partial charge on any atom is -0.485 e. The number of rotatable bonds is 5. The normalized spacial score (nSPS) is 14.0. The fourth-order valence-electron chi connectivity index (χ4n) is 3.37. The predicted octanol–water partition coefficient (Wildman–Crippen LogP) is 5.37. The van der Waals surface area contributed by atoms with Crippen molar-refractivity contribution in [2.75, 3.05) is 5.32 Å². The molecule has 0 bridgehead atoms. The highest BCUT2D eigenvalue weighted by Crippen LogP contribution is 2.41. The average molecular weight is 391 g/mol. The summed E-state index contributed by atoms with van der Waals surface area (Å²) in [6.45, 7) is 4.47. The fraction of sp³-hybridized carbons (Fsp3) is 0.208. The number of halogens is 1. The van der Waals surface area contributed by atoms with E-state index in [9.17, 15) is 9.18 Å². The van der Waals surface area contributed by atoms with Crippen LogP contribution in [-0.2, 0) is 13.0 Å². The van der Waals surface area contributed by atoms with Crippen LogP contribution in [0.4, 0.5) is 10.1 Å².